The Kier molecular flexibility index (Phi) is 3.43. The van der Waals surface area contributed by atoms with Crippen molar-refractivity contribution in [3.63, 3.8) is 0 Å². The average molecular weight is 201 g/mol. The fourth-order valence-electron chi connectivity index (χ4n) is 1.70. The van der Waals surface area contributed by atoms with Crippen molar-refractivity contribution in [2.45, 2.75) is 24.8 Å². The molecule has 1 heterocycles. The number of amides is 2. The number of hydrogen-bond donors (Lipinski definition) is 4. The SMILES string of the molecule is CNC1(CC(=O)NO)CCNC(=O)C1. The molecule has 0 aliphatic carbocycles. The van der Waals surface area contributed by atoms with Gasteiger partial charge in [-0.2, -0.15) is 0 Å². The van der Waals surface area contributed by atoms with Gasteiger partial charge in [-0.15, -0.1) is 0 Å². The molecule has 1 unspecified atom stereocenters. The molecule has 1 aliphatic heterocycles. The molecular weight excluding hydrogens is 186 g/mol. The van der Waals surface area contributed by atoms with Crippen LogP contribution in [0.5, 0.6) is 0 Å². The summed E-state index contributed by atoms with van der Waals surface area (Å²) >= 11 is 0. The van der Waals surface area contributed by atoms with Crippen LogP contribution in [0, 0.1) is 0 Å². The van der Waals surface area contributed by atoms with E-state index >= 15 is 0 Å². The third-order valence-corrected chi connectivity index (χ3v) is 2.58. The molecule has 4 N–H and O–H groups in total. The van der Waals surface area contributed by atoms with Crippen LogP contribution in [0.2, 0.25) is 0 Å². The van der Waals surface area contributed by atoms with Crippen LogP contribution in [0.4, 0.5) is 0 Å². The summed E-state index contributed by atoms with van der Waals surface area (Å²) in [6, 6.07) is 0. The second kappa shape index (κ2) is 4.39. The van der Waals surface area contributed by atoms with Gasteiger partial charge in [0.25, 0.3) is 0 Å². The van der Waals surface area contributed by atoms with E-state index in [0.717, 1.165) is 0 Å². The van der Waals surface area contributed by atoms with E-state index in [1.807, 2.05) is 0 Å². The predicted octanol–water partition coefficient (Wildman–Crippen LogP) is -1.25. The molecule has 6 nitrogen and oxygen atoms in total. The Hall–Kier alpha value is -1.14. The zero-order chi connectivity index (χ0) is 10.6. The minimum absolute atomic E-state index is 0.0728. The van der Waals surface area contributed by atoms with E-state index < -0.39 is 11.4 Å². The molecule has 0 bridgehead atoms. The smallest absolute Gasteiger partial charge is 0.245 e. The van der Waals surface area contributed by atoms with Gasteiger partial charge in [0.2, 0.25) is 11.8 Å². The third-order valence-electron chi connectivity index (χ3n) is 2.58. The molecule has 80 valence electrons. The number of carbonyl (C=O) groups excluding carboxylic acids is 2. The molecule has 1 aliphatic rings. The highest BCUT2D eigenvalue weighted by Gasteiger charge is 2.36. The van der Waals surface area contributed by atoms with Gasteiger partial charge in [-0.3, -0.25) is 14.8 Å². The van der Waals surface area contributed by atoms with Crippen LogP contribution < -0.4 is 16.1 Å². The van der Waals surface area contributed by atoms with E-state index in [1.165, 1.54) is 0 Å². The third kappa shape index (κ3) is 2.43. The Bertz CT molecular complexity index is 244. The summed E-state index contributed by atoms with van der Waals surface area (Å²) in [5.41, 5.74) is 1.06. The van der Waals surface area contributed by atoms with Crippen LogP contribution in [0.3, 0.4) is 0 Å². The molecule has 2 amide bonds. The zero-order valence-electron chi connectivity index (χ0n) is 8.09. The van der Waals surface area contributed by atoms with E-state index in [-0.39, 0.29) is 18.7 Å². The summed E-state index contributed by atoms with van der Waals surface area (Å²) < 4.78 is 0. The molecule has 1 fully saturated rings. The number of nitrogens with one attached hydrogen (secondary N) is 3. The quantitative estimate of drug-likeness (QED) is 0.339. The molecule has 1 atom stereocenters. The number of carbonyl (C=O) groups is 2. The second-order valence-corrected chi connectivity index (χ2v) is 3.52. The summed E-state index contributed by atoms with van der Waals surface area (Å²) in [6.07, 6.45) is 1.05. The highest BCUT2D eigenvalue weighted by atomic mass is 16.5. The minimum Gasteiger partial charge on any atom is -0.356 e. The van der Waals surface area contributed by atoms with E-state index in [1.54, 1.807) is 12.5 Å². The lowest BCUT2D eigenvalue weighted by Crippen LogP contribution is -2.55. The Morgan fingerprint density at radius 2 is 2.43 bits per heavy atom. The van der Waals surface area contributed by atoms with Gasteiger partial charge in [0.1, 0.15) is 0 Å². The molecule has 0 spiro atoms. The lowest BCUT2D eigenvalue weighted by Gasteiger charge is -2.35. The van der Waals surface area contributed by atoms with Crippen LogP contribution in [0.25, 0.3) is 0 Å². The highest BCUT2D eigenvalue weighted by molar-refractivity contribution is 5.81. The van der Waals surface area contributed by atoms with Crippen molar-refractivity contribution in [1.82, 2.24) is 16.1 Å². The molecule has 0 radical (unpaired) electrons. The van der Waals surface area contributed by atoms with Gasteiger partial charge >= 0.3 is 0 Å². The fraction of sp³-hybridized carbons (Fsp3) is 0.750. The van der Waals surface area contributed by atoms with Crippen LogP contribution >= 0.6 is 0 Å². The molecule has 0 saturated carbocycles. The van der Waals surface area contributed by atoms with Gasteiger partial charge in [0, 0.05) is 24.9 Å². The van der Waals surface area contributed by atoms with Gasteiger partial charge in [0.15, 0.2) is 0 Å². The number of hydrogen-bond acceptors (Lipinski definition) is 4. The summed E-state index contributed by atoms with van der Waals surface area (Å²) in [4.78, 5) is 22.2. The van der Waals surface area contributed by atoms with Crippen molar-refractivity contribution in [2.75, 3.05) is 13.6 Å². The molecule has 1 saturated heterocycles. The van der Waals surface area contributed by atoms with Crippen molar-refractivity contribution in [2.24, 2.45) is 0 Å². The first-order chi connectivity index (χ1) is 6.62. The molecule has 6 heteroatoms. The van der Waals surface area contributed by atoms with Crippen molar-refractivity contribution in [3.05, 3.63) is 0 Å². The van der Waals surface area contributed by atoms with Gasteiger partial charge in [-0.1, -0.05) is 0 Å². The first kappa shape index (κ1) is 10.9. The van der Waals surface area contributed by atoms with E-state index in [0.29, 0.717) is 13.0 Å². The van der Waals surface area contributed by atoms with Crippen LogP contribution in [-0.4, -0.2) is 36.2 Å². The van der Waals surface area contributed by atoms with Crippen molar-refractivity contribution in [3.8, 4) is 0 Å². The van der Waals surface area contributed by atoms with Crippen molar-refractivity contribution in [1.29, 1.82) is 0 Å². The van der Waals surface area contributed by atoms with Gasteiger partial charge in [-0.05, 0) is 13.5 Å². The van der Waals surface area contributed by atoms with E-state index in [2.05, 4.69) is 10.6 Å². The van der Waals surface area contributed by atoms with Crippen molar-refractivity contribution < 1.29 is 14.8 Å². The Balaban J connectivity index is 2.64. The van der Waals surface area contributed by atoms with Crippen molar-refractivity contribution >= 4 is 11.8 Å². The molecule has 0 aromatic heterocycles. The molecule has 0 aromatic rings. The zero-order valence-corrected chi connectivity index (χ0v) is 8.09. The lowest BCUT2D eigenvalue weighted by molar-refractivity contribution is -0.132. The number of hydroxylamine groups is 1. The summed E-state index contributed by atoms with van der Waals surface area (Å²) in [5, 5.41) is 14.1. The Morgan fingerprint density at radius 3 is 2.93 bits per heavy atom. The van der Waals surface area contributed by atoms with Crippen LogP contribution in [-0.2, 0) is 9.59 Å². The topological polar surface area (TPSA) is 90.5 Å². The Morgan fingerprint density at radius 1 is 1.71 bits per heavy atom. The molecule has 1 rings (SSSR count). The van der Waals surface area contributed by atoms with Crippen LogP contribution in [0.1, 0.15) is 19.3 Å². The second-order valence-electron chi connectivity index (χ2n) is 3.52. The fourth-order valence-corrected chi connectivity index (χ4v) is 1.70. The largest absolute Gasteiger partial charge is 0.356 e. The molecule has 0 aromatic carbocycles. The summed E-state index contributed by atoms with van der Waals surface area (Å²) in [7, 11) is 1.71. The highest BCUT2D eigenvalue weighted by Crippen LogP contribution is 2.22. The maximum Gasteiger partial charge on any atom is 0.245 e. The first-order valence-corrected chi connectivity index (χ1v) is 4.50. The minimum atomic E-state index is -0.519. The summed E-state index contributed by atoms with van der Waals surface area (Å²) in [5.74, 6) is -0.551. The molecule has 14 heavy (non-hydrogen) atoms. The number of piperidine rings is 1. The van der Waals surface area contributed by atoms with Gasteiger partial charge in [-0.25, -0.2) is 5.48 Å². The first-order valence-electron chi connectivity index (χ1n) is 4.50. The Labute approximate surface area is 82.0 Å². The molecular formula is C8H15N3O3. The van der Waals surface area contributed by atoms with Gasteiger partial charge in [0.05, 0.1) is 0 Å². The average Bonchev–Trinajstić information content (AvgIpc) is 2.17. The van der Waals surface area contributed by atoms with E-state index in [4.69, 9.17) is 5.21 Å². The van der Waals surface area contributed by atoms with E-state index in [9.17, 15) is 9.59 Å². The standard InChI is InChI=1S/C8H15N3O3/c1-9-8(5-7(13)11-14)2-3-10-6(12)4-8/h9,14H,2-5H2,1H3,(H,10,12)(H,11,13). The maximum atomic E-state index is 11.2. The lowest BCUT2D eigenvalue weighted by atomic mass is 9.84. The van der Waals surface area contributed by atoms with Crippen LogP contribution in [0.15, 0.2) is 0 Å². The maximum absolute atomic E-state index is 11.2. The summed E-state index contributed by atoms with van der Waals surface area (Å²) in [6.45, 7) is 0.554. The number of rotatable bonds is 3. The normalized spacial score (nSPS) is 26.9. The predicted molar refractivity (Wildman–Crippen MR) is 48.6 cm³/mol. The monoisotopic (exact) mass is 201 g/mol. The van der Waals surface area contributed by atoms with Gasteiger partial charge < -0.3 is 10.6 Å².